The van der Waals surface area contributed by atoms with Crippen LogP contribution in [-0.2, 0) is 0 Å². The van der Waals surface area contributed by atoms with Crippen LogP contribution in [0.5, 0.6) is 11.5 Å². The van der Waals surface area contributed by atoms with Gasteiger partial charge in [-0.1, -0.05) is 37.6 Å². The summed E-state index contributed by atoms with van der Waals surface area (Å²) in [5.74, 6) is -0.921. The monoisotopic (exact) mass is 550 g/mol. The Balaban J connectivity index is 1.98. The quantitative estimate of drug-likeness (QED) is 0.253. The van der Waals surface area contributed by atoms with Gasteiger partial charge >= 0.3 is 12.7 Å². The maximum Gasteiger partial charge on any atom is 0.573 e. The number of aliphatic hydroxyl groups is 1. The van der Waals surface area contributed by atoms with Gasteiger partial charge in [-0.2, -0.15) is 4.98 Å². The van der Waals surface area contributed by atoms with Crippen LogP contribution in [-0.4, -0.2) is 40.4 Å². The smallest absolute Gasteiger partial charge is 0.406 e. The maximum atomic E-state index is 12.7. The van der Waals surface area contributed by atoms with Crippen LogP contribution in [0.1, 0.15) is 13.8 Å². The molecule has 0 spiro atoms. The lowest BCUT2D eigenvalue weighted by Crippen LogP contribution is -2.30. The molecule has 1 heterocycles. The molecule has 2 aromatic carbocycles. The first-order valence-corrected chi connectivity index (χ1v) is 11.0. The maximum absolute atomic E-state index is 12.7. The van der Waals surface area contributed by atoms with E-state index in [1.165, 1.54) is 30.3 Å². The van der Waals surface area contributed by atoms with Gasteiger partial charge in [0.1, 0.15) is 17.3 Å². The molecule has 3 rings (SSSR count). The van der Waals surface area contributed by atoms with E-state index >= 15 is 0 Å². The molecule has 0 unspecified atom stereocenters. The standard InChI is InChI=1S/C23H21ClF6N4O3/c1-12(2)18(11-35)33-21-32-17(13-4-3-5-15(8-13)36-22(25,26)27)10-20(34-21)31-14-6-7-19(16(24)9-14)37-23(28,29)30/h3-10,12,18,35H,11H2,1-2H3,(H2,31,32,33,34)/t18-/m1/s1. The number of nitrogens with zero attached hydrogens (tertiary/aromatic N) is 2. The number of nitrogens with one attached hydrogen (secondary N) is 2. The fourth-order valence-electron chi connectivity index (χ4n) is 3.10. The number of aromatic nitrogens is 2. The second kappa shape index (κ2) is 11.3. The van der Waals surface area contributed by atoms with Crippen LogP contribution in [0.25, 0.3) is 11.3 Å². The topological polar surface area (TPSA) is 88.5 Å². The summed E-state index contributed by atoms with van der Waals surface area (Å²) >= 11 is 5.91. The SMILES string of the molecule is CC(C)[C@@H](CO)Nc1nc(Nc2ccc(OC(F)(F)F)c(Cl)c2)cc(-c2cccc(OC(F)(F)F)c2)n1. The Bertz CT molecular complexity index is 1220. The Morgan fingerprint density at radius 3 is 2.24 bits per heavy atom. The third-order valence-corrected chi connectivity index (χ3v) is 5.13. The lowest BCUT2D eigenvalue weighted by molar-refractivity contribution is -0.275. The fraction of sp³-hybridized carbons (Fsp3) is 0.304. The number of ether oxygens (including phenoxy) is 2. The average molecular weight is 551 g/mol. The van der Waals surface area contributed by atoms with Crippen molar-refractivity contribution in [3.8, 4) is 22.8 Å². The normalized spacial score (nSPS) is 12.8. The molecule has 7 nitrogen and oxygen atoms in total. The lowest BCUT2D eigenvalue weighted by Gasteiger charge is -2.21. The van der Waals surface area contributed by atoms with Crippen molar-refractivity contribution in [3.63, 3.8) is 0 Å². The second-order valence-electron chi connectivity index (χ2n) is 8.03. The third kappa shape index (κ3) is 8.57. The highest BCUT2D eigenvalue weighted by Crippen LogP contribution is 2.34. The van der Waals surface area contributed by atoms with Crippen molar-refractivity contribution >= 4 is 29.1 Å². The predicted molar refractivity (Wildman–Crippen MR) is 125 cm³/mol. The molecule has 0 radical (unpaired) electrons. The molecule has 0 aliphatic heterocycles. The molecule has 200 valence electrons. The van der Waals surface area contributed by atoms with Gasteiger partial charge in [-0.25, -0.2) is 4.98 Å². The van der Waals surface area contributed by atoms with Gasteiger partial charge in [0.25, 0.3) is 0 Å². The van der Waals surface area contributed by atoms with E-state index in [1.54, 1.807) is 0 Å². The van der Waals surface area contributed by atoms with Crippen LogP contribution in [0, 0.1) is 5.92 Å². The van der Waals surface area contributed by atoms with Crippen LogP contribution in [0.4, 0.5) is 43.8 Å². The molecular formula is C23H21ClF6N4O3. The molecule has 0 aliphatic carbocycles. The minimum Gasteiger partial charge on any atom is -0.406 e. The lowest BCUT2D eigenvalue weighted by atomic mass is 10.1. The Hall–Kier alpha value is -3.45. The zero-order valence-electron chi connectivity index (χ0n) is 19.3. The van der Waals surface area contributed by atoms with Crippen molar-refractivity contribution in [2.75, 3.05) is 17.2 Å². The third-order valence-electron chi connectivity index (χ3n) is 4.84. The van der Waals surface area contributed by atoms with E-state index < -0.39 is 30.3 Å². The summed E-state index contributed by atoms with van der Waals surface area (Å²) in [5, 5.41) is 15.2. The van der Waals surface area contributed by atoms with E-state index in [4.69, 9.17) is 11.6 Å². The zero-order chi connectivity index (χ0) is 27.4. The van der Waals surface area contributed by atoms with Crippen molar-refractivity contribution in [2.24, 2.45) is 5.92 Å². The Kier molecular flexibility index (Phi) is 8.59. The van der Waals surface area contributed by atoms with Crippen molar-refractivity contribution in [2.45, 2.75) is 32.6 Å². The summed E-state index contributed by atoms with van der Waals surface area (Å²) in [6.45, 7) is 3.45. The number of benzene rings is 2. The minimum absolute atomic E-state index is 0.0304. The molecule has 3 N–H and O–H groups in total. The van der Waals surface area contributed by atoms with Gasteiger partial charge in [0.15, 0.2) is 0 Å². The van der Waals surface area contributed by atoms with Gasteiger partial charge in [-0.3, -0.25) is 0 Å². The molecule has 1 aromatic heterocycles. The molecule has 37 heavy (non-hydrogen) atoms. The van der Waals surface area contributed by atoms with Crippen molar-refractivity contribution in [1.29, 1.82) is 0 Å². The van der Waals surface area contributed by atoms with Crippen LogP contribution in [0.2, 0.25) is 5.02 Å². The Labute approximate surface area is 212 Å². The molecule has 0 saturated carbocycles. The largest absolute Gasteiger partial charge is 0.573 e. The predicted octanol–water partition coefficient (Wildman–Crippen LogP) is 6.77. The van der Waals surface area contributed by atoms with E-state index in [1.807, 2.05) is 13.8 Å². The molecule has 14 heteroatoms. The average Bonchev–Trinajstić information content (AvgIpc) is 2.77. The molecule has 0 amide bonds. The van der Waals surface area contributed by atoms with Gasteiger partial charge in [0.2, 0.25) is 5.95 Å². The molecule has 0 bridgehead atoms. The highest BCUT2D eigenvalue weighted by Gasteiger charge is 2.32. The first kappa shape index (κ1) is 28.1. The van der Waals surface area contributed by atoms with Crippen LogP contribution < -0.4 is 20.1 Å². The fourth-order valence-corrected chi connectivity index (χ4v) is 3.32. The second-order valence-corrected chi connectivity index (χ2v) is 8.44. The Morgan fingerprint density at radius 1 is 0.946 bits per heavy atom. The molecule has 1 atom stereocenters. The summed E-state index contributed by atoms with van der Waals surface area (Å²) < 4.78 is 83.4. The van der Waals surface area contributed by atoms with E-state index in [-0.39, 0.29) is 46.3 Å². The number of alkyl halides is 6. The summed E-state index contributed by atoms with van der Waals surface area (Å²) in [6, 6.07) is 9.54. The molecule has 3 aromatic rings. The zero-order valence-corrected chi connectivity index (χ0v) is 20.0. The summed E-state index contributed by atoms with van der Waals surface area (Å²) in [6.07, 6.45) is -9.82. The minimum atomic E-state index is -4.93. The number of aliphatic hydroxyl groups excluding tert-OH is 1. The summed E-state index contributed by atoms with van der Waals surface area (Å²) in [4.78, 5) is 8.65. The van der Waals surface area contributed by atoms with Crippen molar-refractivity contribution in [3.05, 3.63) is 53.6 Å². The van der Waals surface area contributed by atoms with Crippen molar-refractivity contribution < 1.29 is 40.9 Å². The summed E-state index contributed by atoms with van der Waals surface area (Å²) in [7, 11) is 0. The number of hydrogen-bond donors (Lipinski definition) is 3. The highest BCUT2D eigenvalue weighted by atomic mass is 35.5. The first-order valence-electron chi connectivity index (χ1n) is 10.7. The van der Waals surface area contributed by atoms with Crippen LogP contribution in [0.15, 0.2) is 48.5 Å². The number of hydrogen-bond acceptors (Lipinski definition) is 7. The van der Waals surface area contributed by atoms with Gasteiger partial charge in [0.05, 0.1) is 23.4 Å². The van der Waals surface area contributed by atoms with E-state index in [0.29, 0.717) is 0 Å². The van der Waals surface area contributed by atoms with Gasteiger partial charge < -0.3 is 25.2 Å². The van der Waals surface area contributed by atoms with E-state index in [2.05, 4.69) is 30.1 Å². The van der Waals surface area contributed by atoms with Gasteiger partial charge in [0, 0.05) is 17.3 Å². The van der Waals surface area contributed by atoms with Crippen molar-refractivity contribution in [1.82, 2.24) is 9.97 Å². The van der Waals surface area contributed by atoms with E-state index in [9.17, 15) is 31.4 Å². The molecule has 0 fully saturated rings. The Morgan fingerprint density at radius 2 is 1.65 bits per heavy atom. The number of halogens is 7. The van der Waals surface area contributed by atoms with E-state index in [0.717, 1.165) is 18.2 Å². The van der Waals surface area contributed by atoms with Gasteiger partial charge in [-0.15, -0.1) is 26.3 Å². The highest BCUT2D eigenvalue weighted by molar-refractivity contribution is 6.32. The summed E-state index contributed by atoms with van der Waals surface area (Å²) in [5.41, 5.74) is 0.690. The van der Waals surface area contributed by atoms with Crippen LogP contribution in [0.3, 0.4) is 0 Å². The number of rotatable bonds is 9. The number of anilines is 3. The molecule has 0 aliphatic rings. The first-order chi connectivity index (χ1) is 17.2. The van der Waals surface area contributed by atoms with Gasteiger partial charge in [-0.05, 0) is 36.2 Å². The molecular weight excluding hydrogens is 530 g/mol. The van der Waals surface area contributed by atoms with Crippen LogP contribution >= 0.6 is 11.6 Å². The molecule has 0 saturated heterocycles.